The largest absolute Gasteiger partial charge is 0.302 e. The summed E-state index contributed by atoms with van der Waals surface area (Å²) in [5.41, 5.74) is 2.94. The average Bonchev–Trinajstić information content (AvgIpc) is 1.99. The van der Waals surface area contributed by atoms with Crippen LogP contribution in [0.1, 0.15) is 20.8 Å². The molecule has 0 aromatic rings. The highest BCUT2D eigenvalue weighted by atomic mass is 15.5. The number of hydrogen-bond donors (Lipinski definition) is 1. The Hall–Kier alpha value is -0.570. The van der Waals surface area contributed by atoms with E-state index in [2.05, 4.69) is 31.2 Å². The second-order valence-electron chi connectivity index (χ2n) is 3.08. The Morgan fingerprint density at radius 2 is 1.91 bits per heavy atom. The molecule has 0 radical (unpaired) electrons. The highest BCUT2D eigenvalue weighted by Gasteiger charge is 2.02. The first-order valence-electron chi connectivity index (χ1n) is 4.01. The second kappa shape index (κ2) is 5.13. The Kier molecular flexibility index (Phi) is 4.86. The lowest BCUT2D eigenvalue weighted by atomic mass is 10.1. The van der Waals surface area contributed by atoms with Gasteiger partial charge in [-0.15, -0.1) is 0 Å². The van der Waals surface area contributed by atoms with E-state index >= 15 is 0 Å². The summed E-state index contributed by atoms with van der Waals surface area (Å²) in [5, 5.41) is 1.83. The average molecular weight is 157 g/mol. The van der Waals surface area contributed by atoms with Crippen molar-refractivity contribution in [3.8, 4) is 0 Å². The summed E-state index contributed by atoms with van der Waals surface area (Å²) in [7, 11) is 3.79. The summed E-state index contributed by atoms with van der Waals surface area (Å²) in [4.78, 5) is 4.33. The van der Waals surface area contributed by atoms with Gasteiger partial charge in [-0.25, -0.2) is 5.43 Å². The topological polar surface area (TPSA) is 27.6 Å². The second-order valence-corrected chi connectivity index (χ2v) is 3.08. The zero-order valence-electron chi connectivity index (χ0n) is 8.13. The maximum Gasteiger partial charge on any atom is 0.0992 e. The van der Waals surface area contributed by atoms with Crippen LogP contribution in [0.5, 0.6) is 0 Å². The molecule has 3 heteroatoms. The van der Waals surface area contributed by atoms with Crippen molar-refractivity contribution in [2.45, 2.75) is 26.8 Å². The summed E-state index contributed by atoms with van der Waals surface area (Å²) in [5.74, 6) is 0.608. The van der Waals surface area contributed by atoms with Gasteiger partial charge >= 0.3 is 0 Å². The van der Waals surface area contributed by atoms with E-state index in [4.69, 9.17) is 0 Å². The van der Waals surface area contributed by atoms with Gasteiger partial charge in [0.2, 0.25) is 0 Å². The number of hydrogen-bond acceptors (Lipinski definition) is 2. The Balaban J connectivity index is 3.72. The van der Waals surface area contributed by atoms with Crippen molar-refractivity contribution in [2.24, 2.45) is 10.9 Å². The van der Waals surface area contributed by atoms with Gasteiger partial charge in [0.05, 0.1) is 12.4 Å². The first-order chi connectivity index (χ1) is 5.07. The lowest BCUT2D eigenvalue weighted by molar-refractivity contribution is 0.414. The Morgan fingerprint density at radius 1 is 1.36 bits per heavy atom. The molecule has 0 fully saturated rings. The van der Waals surface area contributed by atoms with E-state index in [1.54, 1.807) is 0 Å². The summed E-state index contributed by atoms with van der Waals surface area (Å²) >= 11 is 0. The third-order valence-corrected chi connectivity index (χ3v) is 1.79. The minimum atomic E-state index is 0.394. The van der Waals surface area contributed by atoms with Crippen LogP contribution in [0.4, 0.5) is 0 Å². The quantitative estimate of drug-likeness (QED) is 0.376. The van der Waals surface area contributed by atoms with Crippen LogP contribution >= 0.6 is 0 Å². The van der Waals surface area contributed by atoms with Gasteiger partial charge in [0.1, 0.15) is 0 Å². The van der Waals surface area contributed by atoms with Gasteiger partial charge in [0.15, 0.2) is 0 Å². The molecule has 0 aromatic carbocycles. The van der Waals surface area contributed by atoms with Crippen LogP contribution in [0.3, 0.4) is 0 Å². The molecule has 0 saturated carbocycles. The standard InChI is InChI=1S/C8H19N3/c1-7(2)8(3)10-6-11(5)9-4/h6-9H,1-5H3. The number of rotatable bonds is 4. The molecule has 66 valence electrons. The van der Waals surface area contributed by atoms with Crippen molar-refractivity contribution < 1.29 is 0 Å². The third kappa shape index (κ3) is 4.79. The van der Waals surface area contributed by atoms with Crippen LogP contribution in [-0.2, 0) is 0 Å². The maximum absolute atomic E-state index is 4.33. The molecule has 1 atom stereocenters. The van der Waals surface area contributed by atoms with E-state index in [0.717, 1.165) is 0 Å². The zero-order chi connectivity index (χ0) is 8.85. The molecule has 0 aliphatic carbocycles. The highest BCUT2D eigenvalue weighted by Crippen LogP contribution is 2.03. The van der Waals surface area contributed by atoms with Crippen LogP contribution < -0.4 is 5.43 Å². The molecule has 1 unspecified atom stereocenters. The van der Waals surface area contributed by atoms with Crippen molar-refractivity contribution in [3.05, 3.63) is 0 Å². The predicted molar refractivity (Wildman–Crippen MR) is 49.6 cm³/mol. The van der Waals surface area contributed by atoms with Gasteiger partial charge in [0.25, 0.3) is 0 Å². The normalized spacial score (nSPS) is 14.4. The van der Waals surface area contributed by atoms with Crippen LogP contribution in [-0.4, -0.2) is 31.5 Å². The first kappa shape index (κ1) is 10.4. The Morgan fingerprint density at radius 3 is 2.27 bits per heavy atom. The lowest BCUT2D eigenvalue weighted by Crippen LogP contribution is -2.29. The molecule has 0 heterocycles. The molecular weight excluding hydrogens is 138 g/mol. The van der Waals surface area contributed by atoms with E-state index in [0.29, 0.717) is 12.0 Å². The van der Waals surface area contributed by atoms with Crippen molar-refractivity contribution >= 4 is 6.34 Å². The smallest absolute Gasteiger partial charge is 0.0992 e. The molecule has 1 N–H and O–H groups in total. The van der Waals surface area contributed by atoms with Crippen molar-refractivity contribution in [2.75, 3.05) is 14.1 Å². The third-order valence-electron chi connectivity index (χ3n) is 1.79. The summed E-state index contributed by atoms with van der Waals surface area (Å²) in [6.07, 6.45) is 1.81. The van der Waals surface area contributed by atoms with Gasteiger partial charge in [-0.2, -0.15) is 0 Å². The van der Waals surface area contributed by atoms with Gasteiger partial charge < -0.3 is 5.01 Å². The molecule has 3 nitrogen and oxygen atoms in total. The predicted octanol–water partition coefficient (Wildman–Crippen LogP) is 1.13. The van der Waals surface area contributed by atoms with E-state index in [9.17, 15) is 0 Å². The van der Waals surface area contributed by atoms with Gasteiger partial charge in [-0.3, -0.25) is 4.99 Å². The van der Waals surface area contributed by atoms with E-state index in [1.165, 1.54) is 0 Å². The van der Waals surface area contributed by atoms with E-state index < -0.39 is 0 Å². The molecule has 0 rings (SSSR count). The fourth-order valence-corrected chi connectivity index (χ4v) is 0.435. The number of hydrazine groups is 1. The number of nitrogens with one attached hydrogen (secondary N) is 1. The van der Waals surface area contributed by atoms with Gasteiger partial charge in [-0.1, -0.05) is 13.8 Å². The Bertz CT molecular complexity index is 121. The van der Waals surface area contributed by atoms with Crippen LogP contribution in [0.2, 0.25) is 0 Å². The molecular formula is C8H19N3. The summed E-state index contributed by atoms with van der Waals surface area (Å²) < 4.78 is 0. The fraction of sp³-hybridized carbons (Fsp3) is 0.875. The Labute approximate surface area is 69.5 Å². The minimum Gasteiger partial charge on any atom is -0.302 e. The number of nitrogens with zero attached hydrogens (tertiary/aromatic N) is 2. The molecule has 0 bridgehead atoms. The molecule has 0 saturated heterocycles. The molecule has 0 aliphatic heterocycles. The molecule has 0 aromatic heterocycles. The molecule has 0 aliphatic rings. The van der Waals surface area contributed by atoms with E-state index in [-0.39, 0.29) is 0 Å². The minimum absolute atomic E-state index is 0.394. The van der Waals surface area contributed by atoms with Gasteiger partial charge in [0, 0.05) is 14.1 Å². The molecule has 0 amide bonds. The maximum atomic E-state index is 4.33. The van der Waals surface area contributed by atoms with Crippen LogP contribution in [0, 0.1) is 5.92 Å². The highest BCUT2D eigenvalue weighted by molar-refractivity contribution is 5.53. The zero-order valence-corrected chi connectivity index (χ0v) is 8.13. The lowest BCUT2D eigenvalue weighted by Gasteiger charge is -2.13. The summed E-state index contributed by atoms with van der Waals surface area (Å²) in [6.45, 7) is 6.45. The van der Waals surface area contributed by atoms with Crippen molar-refractivity contribution in [1.29, 1.82) is 0 Å². The number of aliphatic imine (C=N–C) groups is 1. The van der Waals surface area contributed by atoms with Crippen LogP contribution in [0.25, 0.3) is 0 Å². The van der Waals surface area contributed by atoms with Crippen molar-refractivity contribution in [1.82, 2.24) is 10.4 Å². The van der Waals surface area contributed by atoms with Crippen LogP contribution in [0.15, 0.2) is 4.99 Å². The van der Waals surface area contributed by atoms with Crippen molar-refractivity contribution in [3.63, 3.8) is 0 Å². The summed E-state index contributed by atoms with van der Waals surface area (Å²) in [6, 6.07) is 0.394. The monoisotopic (exact) mass is 157 g/mol. The van der Waals surface area contributed by atoms with Gasteiger partial charge in [-0.05, 0) is 12.8 Å². The SMILES string of the molecule is CNN(C)C=NC(C)C(C)C. The molecule has 11 heavy (non-hydrogen) atoms. The first-order valence-corrected chi connectivity index (χ1v) is 4.01. The molecule has 0 spiro atoms. The fourth-order valence-electron chi connectivity index (χ4n) is 0.435. The van der Waals surface area contributed by atoms with E-state index in [1.807, 2.05) is 25.4 Å².